The number of pyridine rings is 1. The normalized spacial score (nSPS) is 11.0. The van der Waals surface area contributed by atoms with E-state index in [0.717, 1.165) is 10.3 Å². The summed E-state index contributed by atoms with van der Waals surface area (Å²) in [6.07, 6.45) is 4.13. The zero-order valence-corrected chi connectivity index (χ0v) is 27.4. The topological polar surface area (TPSA) is 114 Å². The second kappa shape index (κ2) is 15.3. The molecule has 0 aliphatic rings. The molecule has 0 bridgehead atoms. The Morgan fingerprint density at radius 2 is 1.86 bits per heavy atom. The second-order valence-electron chi connectivity index (χ2n) is 9.28. The van der Waals surface area contributed by atoms with Gasteiger partial charge in [0.25, 0.3) is 0 Å². The van der Waals surface area contributed by atoms with Crippen LogP contribution in [0.1, 0.15) is 16.8 Å². The number of ether oxygens (including phenoxy) is 2. The van der Waals surface area contributed by atoms with Crippen molar-refractivity contribution in [3.05, 3.63) is 92.3 Å². The van der Waals surface area contributed by atoms with E-state index >= 15 is 0 Å². The zero-order valence-electron chi connectivity index (χ0n) is 23.6. The van der Waals surface area contributed by atoms with Gasteiger partial charge in [-0.25, -0.2) is 9.78 Å². The molecule has 0 atom stereocenters. The van der Waals surface area contributed by atoms with E-state index in [1.807, 2.05) is 23.6 Å². The SMILES string of the molecule is Cc1nc2c(OCc3c(Cl)ccc(N(C)C(=O)CNC(=O)/C=C/c4ccc(NC(=O)OCCCl)cc4)c3Cl)cccn2c1Br. The molecule has 0 aliphatic carbocycles. The highest BCUT2D eigenvalue weighted by molar-refractivity contribution is 9.10. The molecule has 0 unspecified atom stereocenters. The van der Waals surface area contributed by atoms with Gasteiger partial charge in [0, 0.05) is 35.6 Å². The number of rotatable bonds is 11. The van der Waals surface area contributed by atoms with E-state index in [-0.39, 0.29) is 30.7 Å². The molecule has 44 heavy (non-hydrogen) atoms. The van der Waals surface area contributed by atoms with Crippen molar-refractivity contribution in [3.63, 3.8) is 0 Å². The van der Waals surface area contributed by atoms with E-state index in [1.165, 1.54) is 11.0 Å². The summed E-state index contributed by atoms with van der Waals surface area (Å²) in [5.41, 5.74) is 3.57. The fourth-order valence-corrected chi connectivity index (χ4v) is 5.03. The number of alkyl halides is 1. The summed E-state index contributed by atoms with van der Waals surface area (Å²) < 4.78 is 13.6. The van der Waals surface area contributed by atoms with Crippen molar-refractivity contribution in [2.45, 2.75) is 13.5 Å². The van der Waals surface area contributed by atoms with E-state index in [4.69, 9.17) is 44.3 Å². The van der Waals surface area contributed by atoms with Gasteiger partial charge in [-0.1, -0.05) is 35.3 Å². The van der Waals surface area contributed by atoms with Gasteiger partial charge in [0.2, 0.25) is 11.8 Å². The molecule has 230 valence electrons. The first kappa shape index (κ1) is 33.1. The number of benzene rings is 2. The molecule has 0 spiro atoms. The fraction of sp³-hybridized carbons (Fsp3) is 0.200. The minimum absolute atomic E-state index is 0.0351. The Balaban J connectivity index is 1.33. The third kappa shape index (κ3) is 8.23. The monoisotopic (exact) mass is 721 g/mol. The number of carbonyl (C=O) groups excluding carboxylic acids is 3. The molecule has 3 amide bonds. The number of hydrogen-bond donors (Lipinski definition) is 2. The van der Waals surface area contributed by atoms with Gasteiger partial charge in [0.15, 0.2) is 11.4 Å². The van der Waals surface area contributed by atoms with Gasteiger partial charge in [-0.2, -0.15) is 0 Å². The molecule has 2 N–H and O–H groups in total. The lowest BCUT2D eigenvalue weighted by molar-refractivity contribution is -0.122. The number of hydrogen-bond acceptors (Lipinski definition) is 6. The van der Waals surface area contributed by atoms with Crippen LogP contribution in [-0.2, 0) is 20.9 Å². The number of aromatic nitrogens is 2. The summed E-state index contributed by atoms with van der Waals surface area (Å²) in [5, 5.41) is 5.76. The van der Waals surface area contributed by atoms with Crippen LogP contribution in [0.4, 0.5) is 16.2 Å². The summed E-state index contributed by atoms with van der Waals surface area (Å²) in [7, 11) is 1.55. The Kier molecular flexibility index (Phi) is 11.5. The van der Waals surface area contributed by atoms with E-state index in [9.17, 15) is 14.4 Å². The molecule has 2 heterocycles. The quantitative estimate of drug-likeness (QED) is 0.129. The third-order valence-electron chi connectivity index (χ3n) is 6.30. The van der Waals surface area contributed by atoms with Crippen molar-refractivity contribution in [3.8, 4) is 5.75 Å². The average molecular weight is 724 g/mol. The second-order valence-corrected chi connectivity index (χ2v) is 11.2. The molecule has 0 saturated heterocycles. The fourth-order valence-electron chi connectivity index (χ4n) is 3.98. The number of aryl methyl sites for hydroxylation is 1. The number of imidazole rings is 1. The van der Waals surface area contributed by atoms with Gasteiger partial charge in [-0.15, -0.1) is 11.6 Å². The van der Waals surface area contributed by atoms with Crippen molar-refractivity contribution in [1.82, 2.24) is 14.7 Å². The predicted octanol–water partition coefficient (Wildman–Crippen LogP) is 6.87. The van der Waals surface area contributed by atoms with Crippen LogP contribution in [0.5, 0.6) is 5.75 Å². The van der Waals surface area contributed by atoms with Gasteiger partial charge in [0.1, 0.15) is 17.8 Å². The van der Waals surface area contributed by atoms with Gasteiger partial charge in [-0.05, 0) is 70.9 Å². The Morgan fingerprint density at radius 3 is 2.59 bits per heavy atom. The highest BCUT2D eigenvalue weighted by atomic mass is 79.9. The molecule has 4 rings (SSSR count). The number of nitrogens with one attached hydrogen (secondary N) is 2. The van der Waals surface area contributed by atoms with Gasteiger partial charge in [-0.3, -0.25) is 19.3 Å². The smallest absolute Gasteiger partial charge is 0.411 e. The Labute approximate surface area is 277 Å². The van der Waals surface area contributed by atoms with Gasteiger partial charge < -0.3 is 19.7 Å². The van der Waals surface area contributed by atoms with Gasteiger partial charge in [0.05, 0.1) is 28.8 Å². The van der Waals surface area contributed by atoms with Gasteiger partial charge >= 0.3 is 6.09 Å². The van der Waals surface area contributed by atoms with Crippen LogP contribution in [0.15, 0.2) is 65.4 Å². The number of halogens is 4. The van der Waals surface area contributed by atoms with Crippen LogP contribution >= 0.6 is 50.7 Å². The summed E-state index contributed by atoms with van der Waals surface area (Å²) in [5.74, 6) is -0.127. The van der Waals surface area contributed by atoms with Crippen LogP contribution < -0.4 is 20.3 Å². The van der Waals surface area contributed by atoms with Crippen molar-refractivity contribution >= 4 is 91.7 Å². The maximum Gasteiger partial charge on any atom is 0.411 e. The van der Waals surface area contributed by atoms with Crippen molar-refractivity contribution in [2.24, 2.45) is 0 Å². The largest absolute Gasteiger partial charge is 0.485 e. The molecule has 2 aromatic carbocycles. The molecule has 2 aromatic heterocycles. The summed E-state index contributed by atoms with van der Waals surface area (Å²) >= 11 is 22.1. The number of nitrogens with zero attached hydrogens (tertiary/aromatic N) is 3. The Hall–Kier alpha value is -3.77. The molecule has 0 saturated carbocycles. The lowest BCUT2D eigenvalue weighted by Gasteiger charge is -2.21. The van der Waals surface area contributed by atoms with Crippen molar-refractivity contribution in [2.75, 3.05) is 36.3 Å². The minimum Gasteiger partial charge on any atom is -0.485 e. The minimum atomic E-state index is -0.612. The number of fused-ring (bicyclic) bond motifs is 1. The highest BCUT2D eigenvalue weighted by Crippen LogP contribution is 2.35. The lowest BCUT2D eigenvalue weighted by Crippen LogP contribution is -2.37. The first-order chi connectivity index (χ1) is 21.1. The predicted molar refractivity (Wildman–Crippen MR) is 176 cm³/mol. The van der Waals surface area contributed by atoms with Crippen LogP contribution in [0.2, 0.25) is 10.0 Å². The first-order valence-electron chi connectivity index (χ1n) is 13.1. The third-order valence-corrected chi connectivity index (χ3v) is 8.18. The van der Waals surface area contributed by atoms with Crippen LogP contribution in [0, 0.1) is 6.92 Å². The van der Waals surface area contributed by atoms with E-state index in [2.05, 4.69) is 31.5 Å². The number of anilines is 2. The zero-order chi connectivity index (χ0) is 31.8. The Morgan fingerprint density at radius 1 is 1.11 bits per heavy atom. The molecule has 0 fully saturated rings. The number of carbonyl (C=O) groups is 3. The summed E-state index contributed by atoms with van der Waals surface area (Å²) in [6, 6.07) is 13.6. The Bertz CT molecular complexity index is 1710. The molecule has 0 radical (unpaired) electrons. The van der Waals surface area contributed by atoms with E-state index in [0.29, 0.717) is 38.9 Å². The van der Waals surface area contributed by atoms with Crippen LogP contribution in [-0.4, -0.2) is 53.4 Å². The molecule has 0 aliphatic heterocycles. The summed E-state index contributed by atoms with van der Waals surface area (Å²) in [6.45, 7) is 1.75. The van der Waals surface area contributed by atoms with Crippen molar-refractivity contribution < 1.29 is 23.9 Å². The summed E-state index contributed by atoms with van der Waals surface area (Å²) in [4.78, 5) is 42.8. The standard InChI is InChI=1S/C30H27BrCl3N5O5/c1-18-28(31)39-14-3-4-24(29(39)36-18)44-17-21-22(33)10-11-23(27(21)34)38(2)26(41)16-35-25(40)12-7-19-5-8-20(9-6-19)37-30(42)43-15-13-32/h3-12,14H,13,15-17H2,1-2H3,(H,35,40)(H,37,42)/b12-7+. The van der Waals surface area contributed by atoms with E-state index in [1.54, 1.807) is 55.6 Å². The first-order valence-corrected chi connectivity index (χ1v) is 15.2. The molecular weight excluding hydrogens is 697 g/mol. The molecule has 4 aromatic rings. The van der Waals surface area contributed by atoms with Crippen LogP contribution in [0.25, 0.3) is 11.7 Å². The molecule has 14 heteroatoms. The van der Waals surface area contributed by atoms with E-state index < -0.39 is 17.9 Å². The van der Waals surface area contributed by atoms with Crippen LogP contribution in [0.3, 0.4) is 0 Å². The average Bonchev–Trinajstić information content (AvgIpc) is 3.31. The lowest BCUT2D eigenvalue weighted by atomic mass is 10.2. The maximum absolute atomic E-state index is 12.9. The van der Waals surface area contributed by atoms with Crippen molar-refractivity contribution in [1.29, 1.82) is 0 Å². The molecular formula is C30H27BrCl3N5O5. The number of amides is 3. The number of likely N-dealkylation sites (N-methyl/N-ethyl adjacent to an activating group) is 1. The highest BCUT2D eigenvalue weighted by Gasteiger charge is 2.20. The maximum atomic E-state index is 12.9. The molecule has 10 nitrogen and oxygen atoms in total.